The number of hydrogen-bond donors (Lipinski definition) is 2. The quantitative estimate of drug-likeness (QED) is 0.911. The maximum atomic E-state index is 12.2. The summed E-state index contributed by atoms with van der Waals surface area (Å²) >= 11 is 5.95. The van der Waals surface area contributed by atoms with Crippen molar-refractivity contribution in [1.82, 2.24) is 5.32 Å². The lowest BCUT2D eigenvalue weighted by atomic mass is 9.95. The first-order valence-corrected chi connectivity index (χ1v) is 6.79. The Morgan fingerprint density at radius 1 is 1.45 bits per heavy atom. The smallest absolute Gasteiger partial charge is 0.287 e. The van der Waals surface area contributed by atoms with E-state index in [0.29, 0.717) is 17.2 Å². The maximum Gasteiger partial charge on any atom is 0.287 e. The number of benzene rings is 1. The molecule has 1 amide bonds. The van der Waals surface area contributed by atoms with E-state index >= 15 is 0 Å². The highest BCUT2D eigenvalue weighted by Crippen LogP contribution is 2.27. The number of hydrogen-bond acceptors (Lipinski definition) is 3. The van der Waals surface area contributed by atoms with Crippen LogP contribution in [0.5, 0.6) is 0 Å². The van der Waals surface area contributed by atoms with Crippen LogP contribution in [0.15, 0.2) is 22.6 Å². The van der Waals surface area contributed by atoms with Gasteiger partial charge in [-0.1, -0.05) is 25.4 Å². The van der Waals surface area contributed by atoms with Crippen molar-refractivity contribution in [2.75, 3.05) is 13.2 Å². The number of aliphatic hydroxyl groups is 1. The lowest BCUT2D eigenvalue weighted by molar-refractivity contribution is 0.0885. The van der Waals surface area contributed by atoms with Crippen molar-refractivity contribution in [3.8, 4) is 0 Å². The summed E-state index contributed by atoms with van der Waals surface area (Å²) in [5, 5.41) is 13.4. The fourth-order valence-electron chi connectivity index (χ4n) is 1.87. The minimum Gasteiger partial charge on any atom is -0.451 e. The van der Waals surface area contributed by atoms with Gasteiger partial charge in [-0.3, -0.25) is 4.79 Å². The molecule has 0 aliphatic rings. The molecule has 0 saturated heterocycles. The minimum atomic E-state index is -0.362. The second-order valence-corrected chi connectivity index (χ2v) is 6.14. The van der Waals surface area contributed by atoms with Crippen LogP contribution in [0, 0.1) is 12.3 Å². The summed E-state index contributed by atoms with van der Waals surface area (Å²) in [6, 6.07) is 5.26. The van der Waals surface area contributed by atoms with E-state index in [9.17, 15) is 9.90 Å². The fraction of sp³-hybridized carbons (Fsp3) is 0.400. The molecule has 0 saturated carbocycles. The molecule has 2 aromatic rings. The SMILES string of the molecule is Cc1c(C(=O)NCC(C)(C)CO)oc2ccc(Cl)cc12. The lowest BCUT2D eigenvalue weighted by Gasteiger charge is -2.21. The van der Waals surface area contributed by atoms with E-state index in [2.05, 4.69) is 5.32 Å². The summed E-state index contributed by atoms with van der Waals surface area (Å²) in [6.07, 6.45) is 0. The van der Waals surface area contributed by atoms with Gasteiger partial charge in [0.1, 0.15) is 5.58 Å². The van der Waals surface area contributed by atoms with E-state index in [4.69, 9.17) is 16.0 Å². The molecule has 1 heterocycles. The lowest BCUT2D eigenvalue weighted by Crippen LogP contribution is -2.36. The summed E-state index contributed by atoms with van der Waals surface area (Å²) in [5.41, 5.74) is 1.04. The molecule has 0 aliphatic heterocycles. The molecule has 2 N–H and O–H groups in total. The number of aliphatic hydroxyl groups excluding tert-OH is 1. The van der Waals surface area contributed by atoms with Crippen molar-refractivity contribution in [3.63, 3.8) is 0 Å². The van der Waals surface area contributed by atoms with E-state index in [1.165, 1.54) is 0 Å². The summed E-state index contributed by atoms with van der Waals surface area (Å²) in [4.78, 5) is 12.2. The van der Waals surface area contributed by atoms with Gasteiger partial charge < -0.3 is 14.8 Å². The van der Waals surface area contributed by atoms with Crippen LogP contribution >= 0.6 is 11.6 Å². The highest BCUT2D eigenvalue weighted by molar-refractivity contribution is 6.31. The van der Waals surface area contributed by atoms with Crippen molar-refractivity contribution < 1.29 is 14.3 Å². The molecule has 0 spiro atoms. The van der Waals surface area contributed by atoms with Crippen LogP contribution < -0.4 is 5.32 Å². The largest absolute Gasteiger partial charge is 0.451 e. The van der Waals surface area contributed by atoms with E-state index in [-0.39, 0.29) is 23.7 Å². The summed E-state index contributed by atoms with van der Waals surface area (Å²) in [7, 11) is 0. The third-order valence-corrected chi connectivity index (χ3v) is 3.50. The van der Waals surface area contributed by atoms with Gasteiger partial charge in [0.15, 0.2) is 5.76 Å². The minimum absolute atomic E-state index is 0.00198. The zero-order chi connectivity index (χ0) is 14.9. The highest BCUT2D eigenvalue weighted by atomic mass is 35.5. The van der Waals surface area contributed by atoms with Crippen LogP contribution in [0.3, 0.4) is 0 Å². The van der Waals surface area contributed by atoms with Gasteiger partial charge in [0.2, 0.25) is 0 Å². The number of carbonyl (C=O) groups excluding carboxylic acids is 1. The van der Waals surface area contributed by atoms with Gasteiger partial charge in [0.25, 0.3) is 5.91 Å². The Kier molecular flexibility index (Phi) is 4.06. The van der Waals surface area contributed by atoms with Crippen molar-refractivity contribution in [2.24, 2.45) is 5.41 Å². The topological polar surface area (TPSA) is 62.5 Å². The molecule has 0 aliphatic carbocycles. The number of fused-ring (bicyclic) bond motifs is 1. The predicted octanol–water partition coefficient (Wildman–Crippen LogP) is 3.14. The molecule has 0 radical (unpaired) electrons. The van der Waals surface area contributed by atoms with Crippen LogP contribution in [-0.4, -0.2) is 24.2 Å². The standard InChI is InChI=1S/C15H18ClNO3/c1-9-11-6-10(16)4-5-12(11)20-13(9)14(19)17-7-15(2,3)8-18/h4-6,18H,7-8H2,1-3H3,(H,17,19). The van der Waals surface area contributed by atoms with Gasteiger partial charge in [-0.15, -0.1) is 0 Å². The van der Waals surface area contributed by atoms with Crippen LogP contribution in [0.4, 0.5) is 0 Å². The zero-order valence-electron chi connectivity index (χ0n) is 11.8. The van der Waals surface area contributed by atoms with Gasteiger partial charge in [-0.2, -0.15) is 0 Å². The molecule has 2 rings (SSSR count). The van der Waals surface area contributed by atoms with Gasteiger partial charge in [0, 0.05) is 34.5 Å². The first-order valence-electron chi connectivity index (χ1n) is 6.42. The maximum absolute atomic E-state index is 12.2. The molecular weight excluding hydrogens is 278 g/mol. The van der Waals surface area contributed by atoms with Gasteiger partial charge in [0.05, 0.1) is 0 Å². The number of furan rings is 1. The summed E-state index contributed by atoms with van der Waals surface area (Å²) in [6.45, 7) is 5.95. The third-order valence-electron chi connectivity index (χ3n) is 3.26. The predicted molar refractivity (Wildman–Crippen MR) is 79.2 cm³/mol. The van der Waals surface area contributed by atoms with Gasteiger partial charge in [-0.25, -0.2) is 0 Å². The van der Waals surface area contributed by atoms with Crippen LogP contribution in [-0.2, 0) is 0 Å². The van der Waals surface area contributed by atoms with Crippen LogP contribution in [0.1, 0.15) is 30.0 Å². The zero-order valence-corrected chi connectivity index (χ0v) is 12.5. The average Bonchev–Trinajstić information content (AvgIpc) is 2.74. The molecule has 5 heteroatoms. The second-order valence-electron chi connectivity index (χ2n) is 5.70. The molecule has 0 unspecified atom stereocenters. The van der Waals surface area contributed by atoms with Crippen LogP contribution in [0.25, 0.3) is 11.0 Å². The normalized spacial score (nSPS) is 11.8. The van der Waals surface area contributed by atoms with Crippen molar-refractivity contribution in [2.45, 2.75) is 20.8 Å². The van der Waals surface area contributed by atoms with Crippen molar-refractivity contribution in [1.29, 1.82) is 0 Å². The monoisotopic (exact) mass is 295 g/mol. The Bertz CT molecular complexity index is 646. The molecule has 1 aromatic carbocycles. The fourth-order valence-corrected chi connectivity index (χ4v) is 2.04. The second kappa shape index (κ2) is 5.46. The molecule has 108 valence electrons. The van der Waals surface area contributed by atoms with E-state index in [1.807, 2.05) is 20.8 Å². The van der Waals surface area contributed by atoms with Crippen molar-refractivity contribution in [3.05, 3.63) is 34.5 Å². The number of carbonyl (C=O) groups is 1. The summed E-state index contributed by atoms with van der Waals surface area (Å²) in [5.74, 6) is 0.00681. The molecule has 4 nitrogen and oxygen atoms in total. The van der Waals surface area contributed by atoms with Crippen molar-refractivity contribution >= 4 is 28.5 Å². The van der Waals surface area contributed by atoms with Gasteiger partial charge >= 0.3 is 0 Å². The number of amides is 1. The summed E-state index contributed by atoms with van der Waals surface area (Å²) < 4.78 is 5.58. The Hall–Kier alpha value is -1.52. The number of aryl methyl sites for hydroxylation is 1. The molecular formula is C15H18ClNO3. The van der Waals surface area contributed by atoms with Crippen LogP contribution in [0.2, 0.25) is 5.02 Å². The first kappa shape index (κ1) is 14.9. The third kappa shape index (κ3) is 2.97. The Balaban J connectivity index is 2.25. The highest BCUT2D eigenvalue weighted by Gasteiger charge is 2.21. The van der Waals surface area contributed by atoms with E-state index in [0.717, 1.165) is 10.9 Å². The molecule has 20 heavy (non-hydrogen) atoms. The number of halogens is 1. The molecule has 0 atom stereocenters. The van der Waals surface area contributed by atoms with E-state index in [1.54, 1.807) is 18.2 Å². The Morgan fingerprint density at radius 2 is 2.15 bits per heavy atom. The van der Waals surface area contributed by atoms with E-state index < -0.39 is 0 Å². The average molecular weight is 296 g/mol. The van der Waals surface area contributed by atoms with Gasteiger partial charge in [-0.05, 0) is 25.1 Å². The molecule has 0 fully saturated rings. The Morgan fingerprint density at radius 3 is 2.80 bits per heavy atom. The number of nitrogens with one attached hydrogen (secondary N) is 1. The number of rotatable bonds is 4. The molecule has 1 aromatic heterocycles. The molecule has 0 bridgehead atoms. The Labute approximate surface area is 122 Å². The first-order chi connectivity index (χ1) is 9.34.